The van der Waals surface area contributed by atoms with Gasteiger partial charge in [0.2, 0.25) is 17.5 Å². The summed E-state index contributed by atoms with van der Waals surface area (Å²) in [6.07, 6.45) is 14.6. The van der Waals surface area contributed by atoms with Crippen molar-refractivity contribution in [1.29, 1.82) is 0 Å². The number of unbranched alkanes of at least 4 members (excludes halogenated alkanes) is 3. The minimum Gasteiger partial charge on any atom is -0.456 e. The number of aliphatic hydroxyl groups is 1. The van der Waals surface area contributed by atoms with E-state index in [1.165, 1.54) is 28.6 Å². The first-order chi connectivity index (χ1) is 40.9. The number of imidazole rings is 1. The second kappa shape index (κ2) is 25.1. The number of allylic oxidation sites excluding steroid dienone is 8. The van der Waals surface area contributed by atoms with Gasteiger partial charge < -0.3 is 40.7 Å². The molecule has 7 heterocycles. The summed E-state index contributed by atoms with van der Waals surface area (Å²) in [5.41, 5.74) is 13.6. The number of hydrogen-bond acceptors (Lipinski definition) is 17. The number of nitrogens with zero attached hydrogens (tertiary/aromatic N) is 6. The third-order valence-corrected chi connectivity index (χ3v) is 19.0. The monoisotopic (exact) mass is 1240 g/mol. The number of carbonyl (C=O) groups excluding carboxylic acids is 1. The summed E-state index contributed by atoms with van der Waals surface area (Å²) in [7, 11) is -13.3. The Morgan fingerprint density at radius 1 is 0.953 bits per heavy atom. The van der Waals surface area contributed by atoms with Crippen molar-refractivity contribution in [3.8, 4) is 5.75 Å². The fourth-order valence-electron chi connectivity index (χ4n) is 12.3. The highest BCUT2D eigenvalue weighted by molar-refractivity contribution is 7.86. The molecule has 8 N–H and O–H groups in total. The van der Waals surface area contributed by atoms with E-state index in [0.717, 1.165) is 53.1 Å². The molecule has 1 amide bonds. The van der Waals surface area contributed by atoms with Crippen molar-refractivity contribution in [3.63, 3.8) is 0 Å². The molecule has 2 saturated heterocycles. The molecule has 0 spiro atoms. The Labute approximate surface area is 500 Å². The number of ether oxygens (including phenoxy) is 2. The molecule has 458 valence electrons. The summed E-state index contributed by atoms with van der Waals surface area (Å²) >= 11 is 0. The molecular weight excluding hydrogens is 1170 g/mol. The first-order valence-corrected chi connectivity index (χ1v) is 33.3. The molecule has 6 atom stereocenters. The van der Waals surface area contributed by atoms with Gasteiger partial charge in [-0.25, -0.2) is 19.5 Å². The number of rotatable bonds is 23. The molecule has 5 aromatic rings. The molecule has 2 aromatic heterocycles. The lowest BCUT2D eigenvalue weighted by atomic mass is 9.75. The van der Waals surface area contributed by atoms with Crippen LogP contribution in [0.1, 0.15) is 114 Å². The number of likely N-dealkylation sites (N-methyl/N-ethyl adjacent to an activating group) is 1. The Bertz CT molecular complexity index is 3920. The Morgan fingerprint density at radius 2 is 1.72 bits per heavy atom. The van der Waals surface area contributed by atoms with Crippen LogP contribution in [0, 0.1) is 0 Å². The highest BCUT2D eigenvalue weighted by Crippen LogP contribution is 2.53. The zero-order chi connectivity index (χ0) is 61.3. The summed E-state index contributed by atoms with van der Waals surface area (Å²) in [5, 5.41) is 17.5. The first kappa shape index (κ1) is 62.2. The van der Waals surface area contributed by atoms with Gasteiger partial charge >= 0.3 is 7.82 Å². The molecule has 2 unspecified atom stereocenters. The van der Waals surface area contributed by atoms with Crippen LogP contribution < -0.4 is 26.0 Å². The SMILES string of the molecule is CCN1c2cc3c(cc2C(C)=CC1(C)C)C(=CC=CC=CC1=[N+](CCCS(=O)(=O)O)c2ccc(S(=O)(=O)O)cc2C1(C)CCCC(=O)NCCCCCCNc1nc2c(N)ncnc2n1[C@@H]1O[C@@H]2COP(=O)(O)O[C@H]2[C@H]1O)C=C(c1ccccc1)O3. The molecule has 5 aliphatic heterocycles. The number of nitrogens with one attached hydrogen (secondary N) is 2. The summed E-state index contributed by atoms with van der Waals surface area (Å²) in [6, 6.07) is 18.5. The number of carbonyl (C=O) groups is 1. The fourth-order valence-corrected chi connectivity index (χ4v) is 14.2. The van der Waals surface area contributed by atoms with E-state index < -0.39 is 63.8 Å². The minimum atomic E-state index is -4.64. The maximum absolute atomic E-state index is 13.4. The van der Waals surface area contributed by atoms with E-state index in [0.29, 0.717) is 61.5 Å². The lowest BCUT2D eigenvalue weighted by molar-refractivity contribution is -0.437. The number of hydrogen-bond donors (Lipinski definition) is 7. The molecule has 23 nitrogen and oxygen atoms in total. The number of aromatic nitrogens is 4. The molecule has 0 aliphatic carbocycles. The van der Waals surface area contributed by atoms with Crippen LogP contribution in [0.15, 0.2) is 114 Å². The smallest absolute Gasteiger partial charge is 0.456 e. The molecule has 86 heavy (non-hydrogen) atoms. The van der Waals surface area contributed by atoms with Crippen LogP contribution in [-0.4, -0.2) is 134 Å². The van der Waals surface area contributed by atoms with E-state index in [9.17, 15) is 45.3 Å². The van der Waals surface area contributed by atoms with Gasteiger partial charge in [0.05, 0.1) is 28.2 Å². The molecule has 3 aromatic carbocycles. The number of aliphatic hydroxyl groups excluding tert-OH is 1. The second-order valence-corrected chi connectivity index (χ2v) is 27.2. The summed E-state index contributed by atoms with van der Waals surface area (Å²) < 4.78 is 107. The van der Waals surface area contributed by atoms with E-state index in [1.54, 1.807) is 6.07 Å². The van der Waals surface area contributed by atoms with Gasteiger partial charge in [-0.2, -0.15) is 21.4 Å². The third-order valence-electron chi connectivity index (χ3n) is 16.3. The van der Waals surface area contributed by atoms with Crippen LogP contribution >= 0.6 is 7.82 Å². The van der Waals surface area contributed by atoms with Crippen LogP contribution in [0.2, 0.25) is 0 Å². The number of benzene rings is 3. The lowest BCUT2D eigenvalue weighted by Crippen LogP contribution is -2.44. The quantitative estimate of drug-likeness (QED) is 0.0106. The van der Waals surface area contributed by atoms with Crippen molar-refractivity contribution in [1.82, 2.24) is 24.8 Å². The largest absolute Gasteiger partial charge is 0.472 e. The van der Waals surface area contributed by atoms with Gasteiger partial charge in [0.1, 0.15) is 42.7 Å². The van der Waals surface area contributed by atoms with E-state index >= 15 is 0 Å². The fraction of sp³-hybridized carbons (Fsp3) is 0.417. The Hall–Kier alpha value is -6.90. The summed E-state index contributed by atoms with van der Waals surface area (Å²) in [5.74, 6) is 1.14. The zero-order valence-electron chi connectivity index (χ0n) is 48.5. The number of amides is 1. The van der Waals surface area contributed by atoms with Gasteiger partial charge in [0.25, 0.3) is 20.2 Å². The highest BCUT2D eigenvalue weighted by Gasteiger charge is 2.53. The number of fused-ring (bicyclic) bond motifs is 5. The average molecular weight is 1240 g/mol. The van der Waals surface area contributed by atoms with Gasteiger partial charge in [-0.3, -0.25) is 27.5 Å². The van der Waals surface area contributed by atoms with Crippen molar-refractivity contribution in [3.05, 3.63) is 132 Å². The number of nitrogens with two attached hydrogens (primary N) is 1. The van der Waals surface area contributed by atoms with Crippen molar-refractivity contribution in [2.45, 2.75) is 126 Å². The Morgan fingerprint density at radius 3 is 2.47 bits per heavy atom. The van der Waals surface area contributed by atoms with Gasteiger partial charge in [0.15, 0.2) is 28.9 Å². The van der Waals surface area contributed by atoms with Crippen LogP contribution in [-0.2, 0) is 48.8 Å². The molecule has 0 bridgehead atoms. The van der Waals surface area contributed by atoms with Crippen LogP contribution in [0.5, 0.6) is 5.75 Å². The number of anilines is 3. The molecule has 26 heteroatoms. The number of phosphoric acid groups is 1. The zero-order valence-corrected chi connectivity index (χ0v) is 51.0. The van der Waals surface area contributed by atoms with Crippen LogP contribution in [0.3, 0.4) is 0 Å². The van der Waals surface area contributed by atoms with Crippen molar-refractivity contribution >= 4 is 90.9 Å². The van der Waals surface area contributed by atoms with Crippen molar-refractivity contribution < 1.29 is 68.4 Å². The van der Waals surface area contributed by atoms with E-state index in [2.05, 4.69) is 76.4 Å². The number of nitrogen functional groups attached to an aromatic ring is 1. The predicted molar refractivity (Wildman–Crippen MR) is 327 cm³/mol. The molecule has 2 fully saturated rings. The highest BCUT2D eigenvalue weighted by atomic mass is 32.2. The number of phosphoric ester groups is 1. The first-order valence-electron chi connectivity index (χ1n) is 28.7. The predicted octanol–water partition coefficient (Wildman–Crippen LogP) is 8.67. The van der Waals surface area contributed by atoms with Gasteiger partial charge in [0, 0.05) is 78.6 Å². The molecular formula is C60H73N9O14PS2+. The molecule has 0 saturated carbocycles. The molecule has 0 radical (unpaired) electrons. The van der Waals surface area contributed by atoms with Gasteiger partial charge in [-0.05, 0) is 95.7 Å². The van der Waals surface area contributed by atoms with Crippen molar-refractivity contribution in [2.75, 3.05) is 54.5 Å². The Balaban J connectivity index is 0.809. The van der Waals surface area contributed by atoms with E-state index in [-0.39, 0.29) is 65.3 Å². The molecule has 10 rings (SSSR count). The standard InChI is InChI=1S/C60H72N9O14PS2/c1-6-68-46-34-48-43(33-42(46)38(2)35-59(68,3)4)40(31-47(81-48)39-19-11-9-12-20-39)21-13-10-14-22-50-60(5,44-32-41(86(77,78)79)24-25-45(44)67(50)29-18-30-85(74,75)76)26-17-23-51(70)62-27-15-7-8-16-28-63-58-66-52-55(61)64-37-65-56(52)69(58)57-53(71)54-49(82-57)36-80-84(72,73)83-54/h9-14,19-22,24-25,31-35,37,49,53-54,57,71H,6-8,15-18,23,26-30,36H2,1-5H3,(H6-,61,62,63,64,65,66,70,72,73,74,75,76,77,78,79)/p+1/t49-,53-,54-,57-,60?/m1/s1. The van der Waals surface area contributed by atoms with Crippen molar-refractivity contribution in [2.24, 2.45) is 0 Å². The van der Waals surface area contributed by atoms with E-state index in [4.69, 9.17) is 24.3 Å². The maximum Gasteiger partial charge on any atom is 0.472 e. The van der Waals surface area contributed by atoms with Gasteiger partial charge in [-0.1, -0.05) is 73.6 Å². The molecule has 5 aliphatic rings. The minimum absolute atomic E-state index is 0.0389. The maximum atomic E-state index is 13.4. The second-order valence-electron chi connectivity index (χ2n) is 22.8. The summed E-state index contributed by atoms with van der Waals surface area (Å²) in [6.45, 7) is 12.2. The van der Waals surface area contributed by atoms with Crippen LogP contribution in [0.4, 0.5) is 23.1 Å². The van der Waals surface area contributed by atoms with E-state index in [1.807, 2.05) is 78.3 Å². The summed E-state index contributed by atoms with van der Waals surface area (Å²) in [4.78, 5) is 38.3. The Kier molecular flexibility index (Phi) is 18.1. The normalized spacial score (nSPS) is 24.0. The third kappa shape index (κ3) is 13.3. The van der Waals surface area contributed by atoms with Gasteiger partial charge in [-0.15, -0.1) is 0 Å². The van der Waals surface area contributed by atoms with Crippen LogP contribution in [0.25, 0.3) is 28.1 Å². The average Bonchev–Trinajstić information content (AvgIpc) is 1.66. The topological polar surface area (TPSA) is 320 Å². The lowest BCUT2D eigenvalue weighted by Gasteiger charge is -2.43.